The van der Waals surface area contributed by atoms with Gasteiger partial charge >= 0.3 is 5.97 Å². The van der Waals surface area contributed by atoms with Gasteiger partial charge in [0.15, 0.2) is 0 Å². The molecule has 0 spiro atoms. The molecule has 0 bridgehead atoms. The molecule has 0 aliphatic carbocycles. The summed E-state index contributed by atoms with van der Waals surface area (Å²) >= 11 is 0. The van der Waals surface area contributed by atoms with Crippen LogP contribution in [0.15, 0.2) is 54.6 Å². The van der Waals surface area contributed by atoms with Gasteiger partial charge in [0.2, 0.25) is 0 Å². The van der Waals surface area contributed by atoms with Gasteiger partial charge in [-0.2, -0.15) is 0 Å². The molecule has 0 aliphatic heterocycles. The molecule has 3 aromatic rings. The number of aliphatic hydroxyl groups excluding tert-OH is 1. The van der Waals surface area contributed by atoms with Gasteiger partial charge in [0.05, 0.1) is 17.5 Å². The second kappa shape index (κ2) is 5.99. The van der Waals surface area contributed by atoms with Crippen molar-refractivity contribution in [1.29, 1.82) is 0 Å². The molecule has 0 saturated heterocycles. The molecule has 1 heterocycles. The standard InChI is InChI=1S/C17H16N2O3/c20-15(10-16(21)22)17-18-13-8-4-5-9-14(13)19(17)11-12-6-2-1-3-7-12/h1-9,15,20H,10-11H2,(H,21,22). The number of aliphatic carboxylic acids is 1. The van der Waals surface area contributed by atoms with Crippen LogP contribution < -0.4 is 0 Å². The quantitative estimate of drug-likeness (QED) is 0.759. The molecule has 0 amide bonds. The van der Waals surface area contributed by atoms with E-state index in [1.807, 2.05) is 59.2 Å². The maximum atomic E-state index is 10.9. The maximum absolute atomic E-state index is 10.9. The van der Waals surface area contributed by atoms with E-state index in [0.717, 1.165) is 16.6 Å². The van der Waals surface area contributed by atoms with Gasteiger partial charge in [0, 0.05) is 6.54 Å². The van der Waals surface area contributed by atoms with Crippen molar-refractivity contribution < 1.29 is 15.0 Å². The van der Waals surface area contributed by atoms with Crippen molar-refractivity contribution in [2.45, 2.75) is 19.1 Å². The van der Waals surface area contributed by atoms with E-state index in [1.54, 1.807) is 0 Å². The van der Waals surface area contributed by atoms with Crippen LogP contribution in [-0.4, -0.2) is 25.7 Å². The summed E-state index contributed by atoms with van der Waals surface area (Å²) in [5.74, 6) is -0.668. The number of benzene rings is 2. The maximum Gasteiger partial charge on any atom is 0.306 e. The average Bonchev–Trinajstić information content (AvgIpc) is 2.87. The third-order valence-electron chi connectivity index (χ3n) is 3.53. The Kier molecular flexibility index (Phi) is 3.89. The van der Waals surface area contributed by atoms with E-state index < -0.39 is 12.1 Å². The van der Waals surface area contributed by atoms with Crippen molar-refractivity contribution in [2.24, 2.45) is 0 Å². The average molecular weight is 296 g/mol. The zero-order valence-electron chi connectivity index (χ0n) is 11.9. The first-order valence-corrected chi connectivity index (χ1v) is 7.04. The van der Waals surface area contributed by atoms with Gasteiger partial charge in [-0.15, -0.1) is 0 Å². The molecule has 1 atom stereocenters. The second-order valence-corrected chi connectivity index (χ2v) is 5.14. The molecule has 1 unspecified atom stereocenters. The number of hydrogen-bond acceptors (Lipinski definition) is 3. The summed E-state index contributed by atoms with van der Waals surface area (Å²) in [4.78, 5) is 15.3. The monoisotopic (exact) mass is 296 g/mol. The lowest BCUT2D eigenvalue weighted by Crippen LogP contribution is -2.13. The van der Waals surface area contributed by atoms with Crippen molar-refractivity contribution >= 4 is 17.0 Å². The minimum Gasteiger partial charge on any atom is -0.481 e. The SMILES string of the molecule is O=C(O)CC(O)c1nc2ccccc2n1Cc1ccccc1. The first kappa shape index (κ1) is 14.3. The van der Waals surface area contributed by atoms with E-state index >= 15 is 0 Å². The van der Waals surface area contributed by atoms with Crippen LogP contribution in [0.3, 0.4) is 0 Å². The minimum absolute atomic E-state index is 0.363. The number of fused-ring (bicyclic) bond motifs is 1. The van der Waals surface area contributed by atoms with Crippen LogP contribution in [0.1, 0.15) is 23.9 Å². The summed E-state index contributed by atoms with van der Waals surface area (Å²) in [6, 6.07) is 17.4. The Morgan fingerprint density at radius 3 is 2.50 bits per heavy atom. The first-order chi connectivity index (χ1) is 10.6. The zero-order chi connectivity index (χ0) is 15.5. The smallest absolute Gasteiger partial charge is 0.306 e. The lowest BCUT2D eigenvalue weighted by molar-refractivity contribution is -0.139. The van der Waals surface area contributed by atoms with Crippen LogP contribution in [0.2, 0.25) is 0 Å². The molecular weight excluding hydrogens is 280 g/mol. The number of hydrogen-bond donors (Lipinski definition) is 2. The Morgan fingerprint density at radius 1 is 1.09 bits per heavy atom. The molecule has 112 valence electrons. The van der Waals surface area contributed by atoms with E-state index in [-0.39, 0.29) is 6.42 Å². The molecule has 22 heavy (non-hydrogen) atoms. The van der Waals surface area contributed by atoms with Gasteiger partial charge in [0.1, 0.15) is 11.9 Å². The number of nitrogens with zero attached hydrogens (tertiary/aromatic N) is 2. The highest BCUT2D eigenvalue weighted by atomic mass is 16.4. The number of carboxylic acid groups (broad SMARTS) is 1. The molecule has 3 rings (SSSR count). The van der Waals surface area contributed by atoms with Crippen LogP contribution >= 0.6 is 0 Å². The number of aliphatic hydroxyl groups is 1. The van der Waals surface area contributed by atoms with Crippen LogP contribution in [0.5, 0.6) is 0 Å². The Balaban J connectivity index is 2.06. The first-order valence-electron chi connectivity index (χ1n) is 7.04. The fourth-order valence-corrected chi connectivity index (χ4v) is 2.54. The van der Waals surface area contributed by atoms with E-state index in [1.165, 1.54) is 0 Å². The van der Waals surface area contributed by atoms with Crippen molar-refractivity contribution in [1.82, 2.24) is 9.55 Å². The summed E-state index contributed by atoms with van der Waals surface area (Å²) in [6.45, 7) is 0.535. The second-order valence-electron chi connectivity index (χ2n) is 5.14. The number of carbonyl (C=O) groups is 1. The fourth-order valence-electron chi connectivity index (χ4n) is 2.54. The van der Waals surface area contributed by atoms with Crippen molar-refractivity contribution in [3.05, 3.63) is 66.0 Å². The highest BCUT2D eigenvalue weighted by Crippen LogP contribution is 2.24. The third-order valence-corrected chi connectivity index (χ3v) is 3.53. The molecule has 5 nitrogen and oxygen atoms in total. The minimum atomic E-state index is -1.13. The predicted octanol–water partition coefficient (Wildman–Crippen LogP) is 2.59. The van der Waals surface area contributed by atoms with Gasteiger partial charge in [-0.05, 0) is 17.7 Å². The molecule has 2 N–H and O–H groups in total. The van der Waals surface area contributed by atoms with Crippen molar-refractivity contribution in [2.75, 3.05) is 0 Å². The molecule has 0 fully saturated rings. The Hall–Kier alpha value is -2.66. The molecule has 2 aromatic carbocycles. The van der Waals surface area contributed by atoms with Crippen LogP contribution in [0.4, 0.5) is 0 Å². The number of aromatic nitrogens is 2. The summed E-state index contributed by atoms with van der Waals surface area (Å²) in [7, 11) is 0. The van der Waals surface area contributed by atoms with Crippen LogP contribution in [0.25, 0.3) is 11.0 Å². The van der Waals surface area contributed by atoms with Crippen LogP contribution in [-0.2, 0) is 11.3 Å². The van der Waals surface area contributed by atoms with Crippen molar-refractivity contribution in [3.63, 3.8) is 0 Å². The van der Waals surface area contributed by atoms with Gasteiger partial charge in [-0.3, -0.25) is 4.79 Å². The summed E-state index contributed by atoms with van der Waals surface area (Å²) < 4.78 is 1.87. The summed E-state index contributed by atoms with van der Waals surface area (Å²) in [5.41, 5.74) is 2.69. The zero-order valence-corrected chi connectivity index (χ0v) is 11.9. The number of rotatable bonds is 5. The predicted molar refractivity (Wildman–Crippen MR) is 82.5 cm³/mol. The molecular formula is C17H16N2O3. The van der Waals surface area contributed by atoms with Gasteiger partial charge in [-0.1, -0.05) is 42.5 Å². The van der Waals surface area contributed by atoms with E-state index in [4.69, 9.17) is 5.11 Å². The van der Waals surface area contributed by atoms with E-state index in [2.05, 4.69) is 4.98 Å². The molecule has 1 aromatic heterocycles. The molecule has 0 radical (unpaired) electrons. The fraction of sp³-hybridized carbons (Fsp3) is 0.176. The molecule has 0 aliphatic rings. The molecule has 5 heteroatoms. The highest BCUT2D eigenvalue weighted by molar-refractivity contribution is 5.76. The van der Waals surface area contributed by atoms with E-state index in [9.17, 15) is 9.90 Å². The molecule has 0 saturated carbocycles. The Bertz CT molecular complexity index is 796. The third kappa shape index (κ3) is 2.84. The van der Waals surface area contributed by atoms with Crippen LogP contribution in [0, 0.1) is 0 Å². The lowest BCUT2D eigenvalue weighted by Gasteiger charge is -2.12. The number of carboxylic acids is 1. The van der Waals surface area contributed by atoms with Gasteiger partial charge in [0.25, 0.3) is 0 Å². The lowest BCUT2D eigenvalue weighted by atomic mass is 10.2. The Labute approximate surface area is 127 Å². The van der Waals surface area contributed by atoms with Gasteiger partial charge in [-0.25, -0.2) is 4.98 Å². The van der Waals surface area contributed by atoms with Gasteiger partial charge < -0.3 is 14.8 Å². The normalized spacial score (nSPS) is 12.4. The van der Waals surface area contributed by atoms with E-state index in [0.29, 0.717) is 12.4 Å². The summed E-state index contributed by atoms with van der Waals surface area (Å²) in [5, 5.41) is 19.1. The number of imidazole rings is 1. The summed E-state index contributed by atoms with van der Waals surface area (Å²) in [6.07, 6.45) is -1.49. The van der Waals surface area contributed by atoms with Crippen molar-refractivity contribution in [3.8, 4) is 0 Å². The topological polar surface area (TPSA) is 75.3 Å². The largest absolute Gasteiger partial charge is 0.481 e. The number of para-hydroxylation sites is 2. The Morgan fingerprint density at radius 2 is 1.77 bits per heavy atom. The highest BCUT2D eigenvalue weighted by Gasteiger charge is 2.20.